The lowest BCUT2D eigenvalue weighted by atomic mass is 9.77. The number of aliphatic hydroxyl groups excluding tert-OH is 2. The number of hydrogen-bond donors (Lipinski definition) is 5. The normalized spacial score (nSPS) is 50.9. The molecule has 0 aromatic rings. The highest BCUT2D eigenvalue weighted by Crippen LogP contribution is 2.45. The Labute approximate surface area is 329 Å². The fraction of sp³-hybridized carbons (Fsp3) is 0.825. The van der Waals surface area contributed by atoms with Crippen molar-refractivity contribution in [1.29, 1.82) is 0 Å². The van der Waals surface area contributed by atoms with Gasteiger partial charge in [-0.25, -0.2) is 0 Å². The van der Waals surface area contributed by atoms with E-state index < -0.39 is 108 Å². The van der Waals surface area contributed by atoms with Gasteiger partial charge in [0.15, 0.2) is 18.4 Å². The molecule has 15 heteroatoms. The molecule has 1 saturated carbocycles. The quantitative estimate of drug-likeness (QED) is 0.109. The van der Waals surface area contributed by atoms with Crippen LogP contribution in [0.1, 0.15) is 74.7 Å². The monoisotopic (exact) mass is 800 g/mol. The van der Waals surface area contributed by atoms with Crippen LogP contribution in [0.3, 0.4) is 0 Å². The summed E-state index contributed by atoms with van der Waals surface area (Å²) in [6, 6.07) is 0. The van der Waals surface area contributed by atoms with Crippen molar-refractivity contribution in [3.05, 3.63) is 23.8 Å². The van der Waals surface area contributed by atoms with E-state index in [9.17, 15) is 30.3 Å². The first-order chi connectivity index (χ1) is 25.7. The molecule has 0 aromatic carbocycles. The maximum Gasteiger partial charge on any atom is 0.314 e. The van der Waals surface area contributed by atoms with Crippen molar-refractivity contribution >= 4 is 17.6 Å². The summed E-state index contributed by atoms with van der Waals surface area (Å²) < 4.78 is 48.9. The van der Waals surface area contributed by atoms with E-state index in [1.165, 1.54) is 27.9 Å². The number of carbonyl (C=O) groups excluding carboxylic acids is 1. The van der Waals surface area contributed by atoms with Crippen LogP contribution in [0, 0.1) is 35.5 Å². The zero-order valence-corrected chi connectivity index (χ0v) is 34.2. The van der Waals surface area contributed by atoms with Gasteiger partial charge in [-0.1, -0.05) is 37.3 Å². The van der Waals surface area contributed by atoms with Crippen LogP contribution in [0.25, 0.3) is 0 Å². The predicted molar refractivity (Wildman–Crippen MR) is 198 cm³/mol. The van der Waals surface area contributed by atoms with E-state index in [1.54, 1.807) is 33.1 Å². The van der Waals surface area contributed by atoms with Crippen molar-refractivity contribution in [2.75, 3.05) is 14.2 Å². The zero-order chi connectivity index (χ0) is 40.8. The number of ether oxygens (including phenoxy) is 8. The average molecular weight is 801 g/mol. The summed E-state index contributed by atoms with van der Waals surface area (Å²) in [6.45, 7) is 13.3. The highest BCUT2D eigenvalue weighted by atomic mass is 35.5. The SMILES string of the molecule is COC1C=C(C)CC(C=CC#CC2CC2Cl)OC(=O)C(C)C2(O)CC(OC3OC(C)C(OC4OC(C)C(O)C(C)(O)C4O)C(C)(O)C3OC)C(C)C(O2)C1C. The van der Waals surface area contributed by atoms with Gasteiger partial charge in [-0.05, 0) is 60.1 Å². The van der Waals surface area contributed by atoms with Gasteiger partial charge in [-0.2, -0.15) is 0 Å². The Hall–Kier alpha value is -1.68. The molecule has 0 aromatic heterocycles. The van der Waals surface area contributed by atoms with E-state index in [-0.39, 0.29) is 23.6 Å². The Kier molecular flexibility index (Phi) is 14.0. The van der Waals surface area contributed by atoms with Gasteiger partial charge in [0.2, 0.25) is 0 Å². The molecule has 0 radical (unpaired) electrons. The van der Waals surface area contributed by atoms with Gasteiger partial charge in [0.05, 0.1) is 30.5 Å². The van der Waals surface area contributed by atoms with Crippen molar-refractivity contribution in [1.82, 2.24) is 0 Å². The van der Waals surface area contributed by atoms with Crippen LogP contribution in [0.4, 0.5) is 0 Å². The molecule has 1 aliphatic carbocycles. The third-order valence-corrected chi connectivity index (χ3v) is 12.6. The second-order valence-corrected chi connectivity index (χ2v) is 17.2. The molecule has 2 bridgehead atoms. The van der Waals surface area contributed by atoms with Gasteiger partial charge in [0, 0.05) is 50.2 Å². The molecule has 20 unspecified atom stereocenters. The Balaban J connectivity index is 1.40. The van der Waals surface area contributed by atoms with Crippen LogP contribution in [0.2, 0.25) is 0 Å². The van der Waals surface area contributed by atoms with Gasteiger partial charge in [0.25, 0.3) is 0 Å². The number of cyclic esters (lactones) is 1. The molecular formula is C40H61ClO14. The first kappa shape index (κ1) is 44.4. The van der Waals surface area contributed by atoms with Crippen LogP contribution >= 0.6 is 11.6 Å². The molecule has 0 amide bonds. The molecule has 312 valence electrons. The molecule has 5 N–H and O–H groups in total. The van der Waals surface area contributed by atoms with Crippen LogP contribution in [-0.4, -0.2) is 142 Å². The Bertz CT molecular complexity index is 1470. The minimum Gasteiger partial charge on any atom is -0.457 e. The molecule has 4 fully saturated rings. The van der Waals surface area contributed by atoms with E-state index >= 15 is 0 Å². The molecule has 5 aliphatic rings. The zero-order valence-electron chi connectivity index (χ0n) is 33.5. The van der Waals surface area contributed by atoms with Crippen molar-refractivity contribution in [2.24, 2.45) is 23.7 Å². The second-order valence-electron chi connectivity index (χ2n) is 16.6. The predicted octanol–water partition coefficient (Wildman–Crippen LogP) is 2.33. The Morgan fingerprint density at radius 2 is 1.56 bits per heavy atom. The van der Waals surface area contributed by atoms with Crippen molar-refractivity contribution in [3.63, 3.8) is 0 Å². The highest BCUT2D eigenvalue weighted by molar-refractivity contribution is 6.22. The number of fused-ring (bicyclic) bond motifs is 2. The van der Waals surface area contributed by atoms with Crippen molar-refractivity contribution < 1.29 is 68.2 Å². The number of aliphatic hydroxyl groups is 5. The summed E-state index contributed by atoms with van der Waals surface area (Å²) in [5, 5.41) is 56.4. The van der Waals surface area contributed by atoms with Crippen LogP contribution in [0.15, 0.2) is 23.8 Å². The van der Waals surface area contributed by atoms with Gasteiger partial charge in [-0.15, -0.1) is 11.6 Å². The molecule has 5 rings (SSSR count). The third kappa shape index (κ3) is 9.31. The van der Waals surface area contributed by atoms with Gasteiger partial charge < -0.3 is 63.4 Å². The number of halogens is 1. The van der Waals surface area contributed by atoms with E-state index in [4.69, 9.17) is 49.5 Å². The van der Waals surface area contributed by atoms with E-state index in [0.29, 0.717) is 6.42 Å². The van der Waals surface area contributed by atoms with Crippen LogP contribution in [-0.2, 0) is 42.7 Å². The molecule has 55 heavy (non-hydrogen) atoms. The minimum atomic E-state index is -2.04. The smallest absolute Gasteiger partial charge is 0.314 e. The molecule has 0 spiro atoms. The van der Waals surface area contributed by atoms with Gasteiger partial charge in [-0.3, -0.25) is 4.79 Å². The topological polar surface area (TPSA) is 192 Å². The lowest BCUT2D eigenvalue weighted by Crippen LogP contribution is -2.70. The number of carbonyl (C=O) groups is 1. The summed E-state index contributed by atoms with van der Waals surface area (Å²) in [5.74, 6) is 1.67. The number of rotatable bonds is 7. The van der Waals surface area contributed by atoms with Crippen molar-refractivity contribution in [2.45, 2.75) is 171 Å². The number of methoxy groups -OCH3 is 2. The summed E-state index contributed by atoms with van der Waals surface area (Å²) >= 11 is 6.08. The molecule has 3 saturated heterocycles. The largest absolute Gasteiger partial charge is 0.457 e. The lowest BCUT2D eigenvalue weighted by Gasteiger charge is -2.54. The Morgan fingerprint density at radius 1 is 0.909 bits per heavy atom. The molecular weight excluding hydrogens is 740 g/mol. The Morgan fingerprint density at radius 3 is 2.18 bits per heavy atom. The number of alkyl halides is 1. The van der Waals surface area contributed by atoms with E-state index in [0.717, 1.165) is 12.0 Å². The second kappa shape index (κ2) is 17.3. The first-order valence-corrected chi connectivity index (χ1v) is 19.7. The van der Waals surface area contributed by atoms with Gasteiger partial charge in [0.1, 0.15) is 47.6 Å². The fourth-order valence-electron chi connectivity index (χ4n) is 8.29. The minimum absolute atomic E-state index is 0.0683. The summed E-state index contributed by atoms with van der Waals surface area (Å²) in [5.41, 5.74) is -2.86. The third-order valence-electron chi connectivity index (χ3n) is 12.2. The average Bonchev–Trinajstić information content (AvgIpc) is 3.83. The summed E-state index contributed by atoms with van der Waals surface area (Å²) in [7, 11) is 2.98. The van der Waals surface area contributed by atoms with Gasteiger partial charge >= 0.3 is 5.97 Å². The molecule has 4 aliphatic heterocycles. The molecule has 20 atom stereocenters. The number of allylic oxidation sites excluding steroid dienone is 1. The van der Waals surface area contributed by atoms with E-state index in [2.05, 4.69) is 11.8 Å². The summed E-state index contributed by atoms with van der Waals surface area (Å²) in [4.78, 5) is 13.8. The maximum atomic E-state index is 13.8. The number of hydrogen-bond acceptors (Lipinski definition) is 14. The fourth-order valence-corrected chi connectivity index (χ4v) is 8.54. The molecule has 14 nitrogen and oxygen atoms in total. The standard InChI is InChI=1S/C40H61ClO14/c1-19-15-26(14-12-11-13-25-17-27(25)41)52-35(44)22(4)40(47)18-29(21(3)30(55-40)20(2)28(16-19)48-9)53-37-34(49-10)39(8,46)33(24(6)51-37)54-36-32(43)38(7,45)31(42)23(5)50-36/h12,14,16,20-34,36-37,42-43,45-47H,15,17-18H2,1-10H3. The number of esters is 1. The van der Waals surface area contributed by atoms with Crippen LogP contribution in [0.5, 0.6) is 0 Å². The first-order valence-electron chi connectivity index (χ1n) is 19.2. The molecule has 4 heterocycles. The van der Waals surface area contributed by atoms with Crippen LogP contribution < -0.4 is 0 Å². The van der Waals surface area contributed by atoms with E-state index in [1.807, 2.05) is 26.8 Å². The van der Waals surface area contributed by atoms with Crippen molar-refractivity contribution in [3.8, 4) is 11.8 Å². The summed E-state index contributed by atoms with van der Waals surface area (Å²) in [6.07, 6.45) is -5.96. The lowest BCUT2D eigenvalue weighted by molar-refractivity contribution is -0.394. The highest BCUT2D eigenvalue weighted by Gasteiger charge is 2.60. The maximum absolute atomic E-state index is 13.8.